The molecule has 1 heterocycles. The molecule has 114 valence electrons. The Morgan fingerprint density at radius 3 is 2.82 bits per heavy atom. The molecule has 4 heteroatoms. The van der Waals surface area contributed by atoms with Crippen LogP contribution in [0.25, 0.3) is 0 Å². The van der Waals surface area contributed by atoms with Crippen LogP contribution in [0.3, 0.4) is 0 Å². The number of ketones is 1. The third kappa shape index (κ3) is 3.52. The average Bonchev–Trinajstić information content (AvgIpc) is 3.00. The average molecular weight is 298 g/mol. The first-order chi connectivity index (χ1) is 10.7. The Balaban J connectivity index is 1.47. The zero-order chi connectivity index (χ0) is 15.4. The zero-order valence-electron chi connectivity index (χ0n) is 12.4. The Bertz CT molecular complexity index is 667. The molecule has 0 fully saturated rings. The molecule has 1 aliphatic rings. The van der Waals surface area contributed by atoms with Crippen LogP contribution in [0.1, 0.15) is 21.5 Å². The summed E-state index contributed by atoms with van der Waals surface area (Å²) in [4.78, 5) is 12.2. The number of Topliss-reactive ketones (excluding diaryl/α,β-unsaturated/α-hetero) is 1. The van der Waals surface area contributed by atoms with Crippen LogP contribution in [-0.4, -0.2) is 25.4 Å². The van der Waals surface area contributed by atoms with E-state index in [0.717, 1.165) is 36.2 Å². The molecule has 1 aliphatic heterocycles. The summed E-state index contributed by atoms with van der Waals surface area (Å²) >= 11 is 0. The van der Waals surface area contributed by atoms with E-state index in [0.29, 0.717) is 13.1 Å². The van der Waals surface area contributed by atoms with Crippen molar-refractivity contribution in [1.82, 2.24) is 5.32 Å². The van der Waals surface area contributed by atoms with Gasteiger partial charge in [0, 0.05) is 17.8 Å². The van der Waals surface area contributed by atoms with Gasteiger partial charge in [0.1, 0.15) is 5.82 Å². The number of nitrogens with one attached hydrogen (secondary N) is 2. The molecule has 0 aliphatic carbocycles. The Labute approximate surface area is 129 Å². The first-order valence-electron chi connectivity index (χ1n) is 7.57. The standard InChI is InChI=1S/C18H19FN2O/c19-16-4-1-13(2-5-16)7-9-20-12-18(22)15-3-6-17-14(11-15)8-10-21-17/h1-6,11,20-21H,7-10,12H2. The first kappa shape index (κ1) is 14.7. The van der Waals surface area contributed by atoms with Gasteiger partial charge in [-0.2, -0.15) is 0 Å². The Hall–Kier alpha value is -2.20. The van der Waals surface area contributed by atoms with Crippen LogP contribution in [0, 0.1) is 5.82 Å². The van der Waals surface area contributed by atoms with Crippen LogP contribution in [0.15, 0.2) is 42.5 Å². The highest BCUT2D eigenvalue weighted by atomic mass is 19.1. The van der Waals surface area contributed by atoms with Gasteiger partial charge in [0.25, 0.3) is 0 Å². The van der Waals surface area contributed by atoms with Crippen LogP contribution in [0.5, 0.6) is 0 Å². The number of fused-ring (bicyclic) bond motifs is 1. The SMILES string of the molecule is O=C(CNCCc1ccc(F)cc1)c1ccc2c(c1)CCN2. The molecule has 0 saturated heterocycles. The zero-order valence-corrected chi connectivity index (χ0v) is 12.4. The highest BCUT2D eigenvalue weighted by Crippen LogP contribution is 2.23. The van der Waals surface area contributed by atoms with Crippen molar-refractivity contribution in [2.24, 2.45) is 0 Å². The van der Waals surface area contributed by atoms with Crippen molar-refractivity contribution < 1.29 is 9.18 Å². The topological polar surface area (TPSA) is 41.1 Å². The number of carbonyl (C=O) groups excluding carboxylic acids is 1. The van der Waals surface area contributed by atoms with Crippen molar-refractivity contribution in [3.05, 3.63) is 65.0 Å². The highest BCUT2D eigenvalue weighted by Gasteiger charge is 2.13. The minimum atomic E-state index is -0.224. The summed E-state index contributed by atoms with van der Waals surface area (Å²) in [7, 11) is 0. The lowest BCUT2D eigenvalue weighted by Crippen LogP contribution is -2.25. The van der Waals surface area contributed by atoms with Crippen molar-refractivity contribution >= 4 is 11.5 Å². The van der Waals surface area contributed by atoms with Gasteiger partial charge in [-0.15, -0.1) is 0 Å². The van der Waals surface area contributed by atoms with Crippen LogP contribution < -0.4 is 10.6 Å². The van der Waals surface area contributed by atoms with Crippen LogP contribution in [0.4, 0.5) is 10.1 Å². The molecular formula is C18H19FN2O. The first-order valence-corrected chi connectivity index (χ1v) is 7.57. The van der Waals surface area contributed by atoms with Gasteiger partial charge < -0.3 is 10.6 Å². The number of anilines is 1. The van der Waals surface area contributed by atoms with Gasteiger partial charge in [-0.25, -0.2) is 4.39 Å². The highest BCUT2D eigenvalue weighted by molar-refractivity contribution is 5.98. The second kappa shape index (κ2) is 6.71. The largest absolute Gasteiger partial charge is 0.384 e. The van der Waals surface area contributed by atoms with Gasteiger partial charge in [-0.3, -0.25) is 4.79 Å². The fourth-order valence-corrected chi connectivity index (χ4v) is 2.67. The lowest BCUT2D eigenvalue weighted by molar-refractivity contribution is 0.0991. The molecule has 0 atom stereocenters. The Kier molecular flexibility index (Phi) is 4.49. The maximum atomic E-state index is 12.8. The van der Waals surface area contributed by atoms with Crippen molar-refractivity contribution in [2.75, 3.05) is 25.0 Å². The summed E-state index contributed by atoms with van der Waals surface area (Å²) in [5, 5.41) is 6.44. The summed E-state index contributed by atoms with van der Waals surface area (Å²) in [6, 6.07) is 12.3. The number of benzene rings is 2. The second-order valence-electron chi connectivity index (χ2n) is 5.53. The quantitative estimate of drug-likeness (QED) is 0.636. The number of rotatable bonds is 6. The molecule has 0 bridgehead atoms. The van der Waals surface area contributed by atoms with E-state index >= 15 is 0 Å². The number of carbonyl (C=O) groups is 1. The van der Waals surface area contributed by atoms with Crippen molar-refractivity contribution in [2.45, 2.75) is 12.8 Å². The summed E-state index contributed by atoms with van der Waals surface area (Å²) < 4.78 is 12.8. The van der Waals surface area contributed by atoms with Crippen molar-refractivity contribution in [3.63, 3.8) is 0 Å². The van der Waals surface area contributed by atoms with E-state index in [1.807, 2.05) is 18.2 Å². The molecule has 2 aromatic carbocycles. The minimum Gasteiger partial charge on any atom is -0.384 e. The van der Waals surface area contributed by atoms with Gasteiger partial charge in [0.05, 0.1) is 6.54 Å². The van der Waals surface area contributed by atoms with E-state index < -0.39 is 0 Å². The van der Waals surface area contributed by atoms with Crippen LogP contribution >= 0.6 is 0 Å². The second-order valence-corrected chi connectivity index (χ2v) is 5.53. The Morgan fingerprint density at radius 2 is 2.00 bits per heavy atom. The lowest BCUT2D eigenvalue weighted by Gasteiger charge is -2.06. The predicted molar refractivity (Wildman–Crippen MR) is 85.9 cm³/mol. The van der Waals surface area contributed by atoms with Gasteiger partial charge in [-0.1, -0.05) is 12.1 Å². The molecule has 0 amide bonds. The van der Waals surface area contributed by atoms with Crippen molar-refractivity contribution in [1.29, 1.82) is 0 Å². The molecule has 0 saturated carbocycles. The fourth-order valence-electron chi connectivity index (χ4n) is 2.67. The van der Waals surface area contributed by atoms with Gasteiger partial charge in [0.2, 0.25) is 0 Å². The summed E-state index contributed by atoms with van der Waals surface area (Å²) in [5.74, 6) is -0.119. The monoisotopic (exact) mass is 298 g/mol. The molecule has 0 radical (unpaired) electrons. The molecular weight excluding hydrogens is 279 g/mol. The predicted octanol–water partition coefficient (Wildman–Crippen LogP) is 2.81. The molecule has 2 N–H and O–H groups in total. The van der Waals surface area contributed by atoms with Crippen molar-refractivity contribution in [3.8, 4) is 0 Å². The van der Waals surface area contributed by atoms with E-state index in [9.17, 15) is 9.18 Å². The van der Waals surface area contributed by atoms with E-state index in [-0.39, 0.29) is 11.6 Å². The van der Waals surface area contributed by atoms with E-state index in [2.05, 4.69) is 10.6 Å². The molecule has 22 heavy (non-hydrogen) atoms. The molecule has 3 nitrogen and oxygen atoms in total. The maximum Gasteiger partial charge on any atom is 0.176 e. The van der Waals surface area contributed by atoms with Crippen LogP contribution in [-0.2, 0) is 12.8 Å². The fraction of sp³-hybridized carbons (Fsp3) is 0.278. The minimum absolute atomic E-state index is 0.105. The van der Waals surface area contributed by atoms with E-state index in [1.165, 1.54) is 17.7 Å². The van der Waals surface area contributed by atoms with Gasteiger partial charge in [0.15, 0.2) is 5.78 Å². The number of halogens is 1. The number of hydrogen-bond acceptors (Lipinski definition) is 3. The third-order valence-electron chi connectivity index (χ3n) is 3.93. The molecule has 0 unspecified atom stereocenters. The molecule has 0 spiro atoms. The third-order valence-corrected chi connectivity index (χ3v) is 3.93. The number of hydrogen-bond donors (Lipinski definition) is 2. The molecule has 3 rings (SSSR count). The summed E-state index contributed by atoms with van der Waals surface area (Å²) in [5.41, 5.74) is 4.18. The van der Waals surface area contributed by atoms with Crippen LogP contribution in [0.2, 0.25) is 0 Å². The Morgan fingerprint density at radius 1 is 1.18 bits per heavy atom. The normalized spacial score (nSPS) is 12.8. The molecule has 0 aromatic heterocycles. The van der Waals surface area contributed by atoms with E-state index in [1.54, 1.807) is 12.1 Å². The lowest BCUT2D eigenvalue weighted by atomic mass is 10.1. The molecule has 2 aromatic rings. The smallest absolute Gasteiger partial charge is 0.176 e. The van der Waals surface area contributed by atoms with E-state index in [4.69, 9.17) is 0 Å². The summed E-state index contributed by atoms with van der Waals surface area (Å²) in [6.45, 7) is 1.97. The van der Waals surface area contributed by atoms with Gasteiger partial charge in [-0.05, 0) is 60.8 Å². The summed E-state index contributed by atoms with van der Waals surface area (Å²) in [6.07, 6.45) is 1.76. The van der Waals surface area contributed by atoms with Gasteiger partial charge >= 0.3 is 0 Å². The maximum absolute atomic E-state index is 12.8.